The fourth-order valence-corrected chi connectivity index (χ4v) is 3.74. The molecule has 0 aromatic carbocycles. The molecule has 0 saturated heterocycles. The predicted octanol–water partition coefficient (Wildman–Crippen LogP) is 8.05. The quantitative estimate of drug-likeness (QED) is 0.115. The first-order chi connectivity index (χ1) is 15.7. The van der Waals surface area contributed by atoms with E-state index in [0.717, 1.165) is 25.7 Å². The third-order valence-corrected chi connectivity index (χ3v) is 5.94. The van der Waals surface area contributed by atoms with Gasteiger partial charge in [-0.25, -0.2) is 4.79 Å². The molecule has 0 aliphatic carbocycles. The molecule has 0 rings (SSSR count). The molecule has 0 N–H and O–H groups in total. The summed E-state index contributed by atoms with van der Waals surface area (Å²) >= 11 is 0. The minimum absolute atomic E-state index is 0.0275. The van der Waals surface area contributed by atoms with Crippen LogP contribution in [0.4, 0.5) is 4.79 Å². The Morgan fingerprint density at radius 1 is 0.531 bits per heavy atom. The van der Waals surface area contributed by atoms with Crippen molar-refractivity contribution in [1.29, 1.82) is 0 Å². The largest absolute Gasteiger partial charge is 0.464 e. The molecule has 5 heteroatoms. The second-order valence-electron chi connectivity index (χ2n) is 9.01. The molecule has 0 spiro atoms. The molecule has 190 valence electrons. The molecule has 0 radical (unpaired) electrons. The van der Waals surface area contributed by atoms with Gasteiger partial charge in [0.05, 0.1) is 13.2 Å². The number of ether oxygens (including phenoxy) is 2. The lowest BCUT2D eigenvalue weighted by atomic mass is 10.0. The van der Waals surface area contributed by atoms with Crippen molar-refractivity contribution in [2.45, 2.75) is 136 Å². The Morgan fingerprint density at radius 3 is 1.38 bits per heavy atom. The molecule has 0 fully saturated rings. The zero-order valence-electron chi connectivity index (χ0n) is 21.6. The van der Waals surface area contributed by atoms with E-state index >= 15 is 0 Å². The Balaban J connectivity index is 3.41. The van der Waals surface area contributed by atoms with Crippen molar-refractivity contribution in [2.24, 2.45) is 0 Å². The minimum atomic E-state index is -0.430. The predicted molar refractivity (Wildman–Crippen MR) is 134 cm³/mol. The highest BCUT2D eigenvalue weighted by Gasteiger charge is 2.17. The number of rotatable bonds is 23. The molecule has 0 atom stereocenters. The van der Waals surface area contributed by atoms with Crippen molar-refractivity contribution < 1.29 is 19.1 Å². The van der Waals surface area contributed by atoms with Crippen molar-refractivity contribution >= 4 is 12.1 Å². The van der Waals surface area contributed by atoms with Gasteiger partial charge in [-0.15, -0.1) is 0 Å². The molecule has 5 nitrogen and oxygen atoms in total. The molecule has 0 bridgehead atoms. The topological polar surface area (TPSA) is 55.8 Å². The fraction of sp³-hybridized carbons (Fsp3) is 0.926. The first-order valence-electron chi connectivity index (χ1n) is 13.7. The number of carbonyl (C=O) groups excluding carboxylic acids is 2. The minimum Gasteiger partial charge on any atom is -0.464 e. The average molecular weight is 456 g/mol. The SMILES string of the molecule is CCCCCCCCCCCCCCCCCCOC(=O)CN(CC)C(=O)OCCCC. The normalized spacial score (nSPS) is 10.8. The lowest BCUT2D eigenvalue weighted by Gasteiger charge is -2.19. The van der Waals surface area contributed by atoms with E-state index in [-0.39, 0.29) is 12.5 Å². The number of hydrogen-bond acceptors (Lipinski definition) is 4. The third kappa shape index (κ3) is 20.6. The number of carbonyl (C=O) groups is 2. The molecule has 0 aromatic heterocycles. The fourth-order valence-electron chi connectivity index (χ4n) is 3.74. The zero-order chi connectivity index (χ0) is 23.7. The summed E-state index contributed by atoms with van der Waals surface area (Å²) < 4.78 is 10.4. The molecule has 1 amide bonds. The summed E-state index contributed by atoms with van der Waals surface area (Å²) in [7, 11) is 0. The Kier molecular flexibility index (Phi) is 23.4. The highest BCUT2D eigenvalue weighted by Crippen LogP contribution is 2.13. The molecule has 32 heavy (non-hydrogen) atoms. The standard InChI is InChI=1S/C27H53NO4/c1-4-7-9-10-11-12-13-14-15-16-17-18-19-20-21-22-24-31-26(29)25-28(6-3)27(30)32-23-8-5-2/h4-25H2,1-3H3. The van der Waals surface area contributed by atoms with Crippen LogP contribution in [0.1, 0.15) is 136 Å². The first-order valence-corrected chi connectivity index (χ1v) is 13.7. The molecule has 0 saturated carbocycles. The molecule has 0 heterocycles. The number of hydrogen-bond donors (Lipinski definition) is 0. The van der Waals surface area contributed by atoms with E-state index in [2.05, 4.69) is 6.92 Å². The summed E-state index contributed by atoms with van der Waals surface area (Å²) in [5.41, 5.74) is 0. The molecule has 0 aliphatic heterocycles. The first kappa shape index (κ1) is 30.7. The average Bonchev–Trinajstić information content (AvgIpc) is 2.79. The summed E-state index contributed by atoms with van der Waals surface area (Å²) in [5, 5.41) is 0. The van der Waals surface area contributed by atoms with Crippen LogP contribution < -0.4 is 0 Å². The Labute approximate surface area is 199 Å². The van der Waals surface area contributed by atoms with Gasteiger partial charge in [0.2, 0.25) is 0 Å². The van der Waals surface area contributed by atoms with Gasteiger partial charge in [0, 0.05) is 6.54 Å². The van der Waals surface area contributed by atoms with Crippen LogP contribution in [0.15, 0.2) is 0 Å². The lowest BCUT2D eigenvalue weighted by Crippen LogP contribution is -2.37. The van der Waals surface area contributed by atoms with E-state index in [9.17, 15) is 9.59 Å². The summed E-state index contributed by atoms with van der Waals surface area (Å²) in [5.74, 6) is -0.347. The zero-order valence-corrected chi connectivity index (χ0v) is 21.6. The van der Waals surface area contributed by atoms with E-state index in [1.165, 1.54) is 94.8 Å². The van der Waals surface area contributed by atoms with Crippen LogP contribution >= 0.6 is 0 Å². The highest BCUT2D eigenvalue weighted by molar-refractivity contribution is 5.78. The van der Waals surface area contributed by atoms with Crippen molar-refractivity contribution in [2.75, 3.05) is 26.3 Å². The number of esters is 1. The lowest BCUT2D eigenvalue weighted by molar-refractivity contribution is -0.144. The van der Waals surface area contributed by atoms with E-state index in [1.807, 2.05) is 13.8 Å². The second kappa shape index (κ2) is 24.4. The van der Waals surface area contributed by atoms with Crippen LogP contribution in [-0.2, 0) is 14.3 Å². The summed E-state index contributed by atoms with van der Waals surface area (Å²) in [6, 6.07) is 0. The molecular formula is C27H53NO4. The Morgan fingerprint density at radius 2 is 0.938 bits per heavy atom. The smallest absolute Gasteiger partial charge is 0.410 e. The maximum Gasteiger partial charge on any atom is 0.410 e. The van der Waals surface area contributed by atoms with Crippen LogP contribution in [0, 0.1) is 0 Å². The highest BCUT2D eigenvalue weighted by atomic mass is 16.6. The van der Waals surface area contributed by atoms with Crippen molar-refractivity contribution in [3.05, 3.63) is 0 Å². The number of likely N-dealkylation sites (N-methyl/N-ethyl adjacent to an activating group) is 1. The summed E-state index contributed by atoms with van der Waals surface area (Å²) in [6.45, 7) is 7.42. The molecule has 0 aromatic rings. The van der Waals surface area contributed by atoms with Gasteiger partial charge in [0.1, 0.15) is 6.54 Å². The summed E-state index contributed by atoms with van der Waals surface area (Å²) in [4.78, 5) is 25.2. The van der Waals surface area contributed by atoms with Gasteiger partial charge in [-0.2, -0.15) is 0 Å². The van der Waals surface area contributed by atoms with Gasteiger partial charge in [-0.05, 0) is 19.8 Å². The number of amides is 1. The second-order valence-corrected chi connectivity index (χ2v) is 9.01. The van der Waals surface area contributed by atoms with Gasteiger partial charge in [-0.1, -0.05) is 117 Å². The van der Waals surface area contributed by atoms with Gasteiger partial charge < -0.3 is 9.47 Å². The van der Waals surface area contributed by atoms with Gasteiger partial charge in [0.15, 0.2) is 0 Å². The summed E-state index contributed by atoms with van der Waals surface area (Å²) in [6.07, 6.45) is 22.6. The van der Waals surface area contributed by atoms with Gasteiger partial charge in [0.25, 0.3) is 0 Å². The monoisotopic (exact) mass is 455 g/mol. The van der Waals surface area contributed by atoms with E-state index < -0.39 is 6.09 Å². The van der Waals surface area contributed by atoms with Crippen LogP contribution in [0.3, 0.4) is 0 Å². The third-order valence-electron chi connectivity index (χ3n) is 5.94. The van der Waals surface area contributed by atoms with Crippen LogP contribution in [-0.4, -0.2) is 43.3 Å². The molecular weight excluding hydrogens is 402 g/mol. The van der Waals surface area contributed by atoms with Gasteiger partial charge in [-0.3, -0.25) is 9.69 Å². The van der Waals surface area contributed by atoms with Crippen LogP contribution in [0.25, 0.3) is 0 Å². The maximum absolute atomic E-state index is 11.9. The van der Waals surface area contributed by atoms with Crippen LogP contribution in [0.5, 0.6) is 0 Å². The molecule has 0 aliphatic rings. The van der Waals surface area contributed by atoms with E-state index in [1.54, 1.807) is 0 Å². The van der Waals surface area contributed by atoms with Crippen molar-refractivity contribution in [3.8, 4) is 0 Å². The Hall–Kier alpha value is -1.26. The van der Waals surface area contributed by atoms with E-state index in [4.69, 9.17) is 9.47 Å². The van der Waals surface area contributed by atoms with Crippen molar-refractivity contribution in [1.82, 2.24) is 4.90 Å². The number of nitrogens with zero attached hydrogens (tertiary/aromatic N) is 1. The number of unbranched alkanes of at least 4 members (excludes halogenated alkanes) is 16. The van der Waals surface area contributed by atoms with Crippen LogP contribution in [0.2, 0.25) is 0 Å². The molecule has 0 unspecified atom stereocenters. The van der Waals surface area contributed by atoms with Gasteiger partial charge >= 0.3 is 12.1 Å². The van der Waals surface area contributed by atoms with E-state index in [0.29, 0.717) is 19.8 Å². The Bertz CT molecular complexity index is 428. The van der Waals surface area contributed by atoms with Crippen molar-refractivity contribution in [3.63, 3.8) is 0 Å². The maximum atomic E-state index is 11.9.